The fraction of sp³-hybridized carbons (Fsp3) is 0.778. The van der Waals surface area contributed by atoms with Gasteiger partial charge in [0, 0.05) is 13.1 Å². The average molecular weight is 218 g/mol. The van der Waals surface area contributed by atoms with Gasteiger partial charge in [0.15, 0.2) is 6.10 Å². The molecule has 2 amide bonds. The van der Waals surface area contributed by atoms with Crippen LogP contribution in [0.1, 0.15) is 13.8 Å². The Balaban J connectivity index is 3.94. The van der Waals surface area contributed by atoms with Crippen LogP contribution in [0.3, 0.4) is 0 Å². The van der Waals surface area contributed by atoms with Crippen LogP contribution in [0.2, 0.25) is 0 Å². The molecule has 1 unspecified atom stereocenters. The number of methoxy groups -OCH3 is 1. The number of ether oxygens (including phenoxy) is 1. The Bertz CT molecular complexity index is 216. The van der Waals surface area contributed by atoms with Gasteiger partial charge in [-0.05, 0) is 13.8 Å². The molecule has 0 aliphatic heterocycles. The molecular formula is C9H18N2O4. The topological polar surface area (TPSA) is 78.9 Å². The molecule has 6 nitrogen and oxygen atoms in total. The molecule has 1 atom stereocenters. The maximum absolute atomic E-state index is 11.4. The van der Waals surface area contributed by atoms with E-state index in [1.807, 2.05) is 13.8 Å². The van der Waals surface area contributed by atoms with Crippen molar-refractivity contribution >= 4 is 12.0 Å². The van der Waals surface area contributed by atoms with Gasteiger partial charge in [0.05, 0.1) is 13.7 Å². The predicted molar refractivity (Wildman–Crippen MR) is 54.3 cm³/mol. The number of carbonyl (C=O) groups is 2. The average Bonchev–Trinajstić information content (AvgIpc) is 2.26. The minimum absolute atomic E-state index is 0.137. The number of nitrogens with one attached hydrogen (secondary N) is 1. The summed E-state index contributed by atoms with van der Waals surface area (Å²) in [6.45, 7) is 4.72. The first-order chi connectivity index (χ1) is 7.06. The third-order valence-corrected chi connectivity index (χ3v) is 1.97. The number of amides is 2. The second-order valence-electron chi connectivity index (χ2n) is 2.90. The number of hydrogen-bond acceptors (Lipinski definition) is 4. The van der Waals surface area contributed by atoms with E-state index in [2.05, 4.69) is 10.1 Å². The number of rotatable bonds is 5. The van der Waals surface area contributed by atoms with Gasteiger partial charge in [0.1, 0.15) is 0 Å². The Labute approximate surface area is 89.2 Å². The maximum Gasteiger partial charge on any atom is 0.336 e. The highest BCUT2D eigenvalue weighted by Crippen LogP contribution is 1.90. The minimum Gasteiger partial charge on any atom is -0.467 e. The molecule has 0 aromatic rings. The van der Waals surface area contributed by atoms with Gasteiger partial charge in [0.25, 0.3) is 0 Å². The second kappa shape index (κ2) is 7.05. The Hall–Kier alpha value is -1.30. The SMILES string of the molecule is CCN(CC)C(=O)NCC(O)C(=O)OC. The van der Waals surface area contributed by atoms with Crippen molar-refractivity contribution in [2.24, 2.45) is 0 Å². The Morgan fingerprint density at radius 3 is 2.33 bits per heavy atom. The third-order valence-electron chi connectivity index (χ3n) is 1.97. The molecule has 6 heteroatoms. The van der Waals surface area contributed by atoms with Gasteiger partial charge in [-0.1, -0.05) is 0 Å². The summed E-state index contributed by atoms with van der Waals surface area (Å²) in [5, 5.41) is 11.6. The van der Waals surface area contributed by atoms with E-state index < -0.39 is 12.1 Å². The number of urea groups is 1. The lowest BCUT2D eigenvalue weighted by atomic mass is 10.3. The molecule has 0 aromatic carbocycles. The van der Waals surface area contributed by atoms with E-state index in [0.29, 0.717) is 13.1 Å². The summed E-state index contributed by atoms with van der Waals surface area (Å²) in [6.07, 6.45) is -1.31. The molecule has 0 saturated heterocycles. The third kappa shape index (κ3) is 4.64. The Kier molecular flexibility index (Phi) is 6.44. The van der Waals surface area contributed by atoms with E-state index in [0.717, 1.165) is 0 Å². The van der Waals surface area contributed by atoms with Crippen LogP contribution in [0, 0.1) is 0 Å². The molecule has 0 heterocycles. The summed E-state index contributed by atoms with van der Waals surface area (Å²) < 4.78 is 4.30. The van der Waals surface area contributed by atoms with Crippen LogP contribution in [0.25, 0.3) is 0 Å². The second-order valence-corrected chi connectivity index (χ2v) is 2.90. The Morgan fingerprint density at radius 2 is 1.93 bits per heavy atom. The zero-order chi connectivity index (χ0) is 11.8. The number of aliphatic hydroxyl groups excluding tert-OH is 1. The lowest BCUT2D eigenvalue weighted by Gasteiger charge is -2.19. The van der Waals surface area contributed by atoms with E-state index in [-0.39, 0.29) is 12.6 Å². The van der Waals surface area contributed by atoms with Gasteiger partial charge >= 0.3 is 12.0 Å². The first-order valence-corrected chi connectivity index (χ1v) is 4.85. The van der Waals surface area contributed by atoms with Gasteiger partial charge in [-0.25, -0.2) is 9.59 Å². The minimum atomic E-state index is -1.31. The van der Waals surface area contributed by atoms with E-state index in [4.69, 9.17) is 0 Å². The lowest BCUT2D eigenvalue weighted by Crippen LogP contribution is -2.44. The number of nitrogens with zero attached hydrogens (tertiary/aromatic N) is 1. The van der Waals surface area contributed by atoms with Gasteiger partial charge in [-0.2, -0.15) is 0 Å². The normalized spacial score (nSPS) is 11.7. The zero-order valence-corrected chi connectivity index (χ0v) is 9.32. The fourth-order valence-electron chi connectivity index (χ4n) is 1.03. The highest BCUT2D eigenvalue weighted by molar-refractivity contribution is 5.77. The maximum atomic E-state index is 11.4. The van der Waals surface area contributed by atoms with Crippen LogP contribution in [-0.4, -0.2) is 54.9 Å². The van der Waals surface area contributed by atoms with E-state index in [1.165, 1.54) is 7.11 Å². The van der Waals surface area contributed by atoms with Crippen LogP contribution in [0.15, 0.2) is 0 Å². The van der Waals surface area contributed by atoms with Crippen molar-refractivity contribution in [2.45, 2.75) is 20.0 Å². The van der Waals surface area contributed by atoms with Gasteiger partial charge in [-0.3, -0.25) is 0 Å². The number of carbonyl (C=O) groups excluding carboxylic acids is 2. The number of esters is 1. The monoisotopic (exact) mass is 218 g/mol. The van der Waals surface area contributed by atoms with E-state index in [9.17, 15) is 14.7 Å². The highest BCUT2D eigenvalue weighted by atomic mass is 16.5. The van der Waals surface area contributed by atoms with Crippen molar-refractivity contribution in [3.8, 4) is 0 Å². The molecule has 2 N–H and O–H groups in total. The summed E-state index contributed by atoms with van der Waals surface area (Å²) in [7, 11) is 1.18. The van der Waals surface area contributed by atoms with Crippen LogP contribution in [0.5, 0.6) is 0 Å². The molecule has 0 spiro atoms. The standard InChI is InChI=1S/C9H18N2O4/c1-4-11(5-2)9(14)10-6-7(12)8(13)15-3/h7,12H,4-6H2,1-3H3,(H,10,14). The molecule has 0 bridgehead atoms. The van der Waals surface area contributed by atoms with Gasteiger partial charge < -0.3 is 20.1 Å². The molecular weight excluding hydrogens is 200 g/mol. The van der Waals surface area contributed by atoms with Crippen molar-refractivity contribution in [1.82, 2.24) is 10.2 Å². The first-order valence-electron chi connectivity index (χ1n) is 4.85. The number of hydrogen-bond donors (Lipinski definition) is 2. The fourth-order valence-corrected chi connectivity index (χ4v) is 1.03. The molecule has 0 fully saturated rings. The molecule has 15 heavy (non-hydrogen) atoms. The zero-order valence-electron chi connectivity index (χ0n) is 9.32. The van der Waals surface area contributed by atoms with E-state index in [1.54, 1.807) is 4.90 Å². The molecule has 0 aromatic heterocycles. The molecule has 0 rings (SSSR count). The lowest BCUT2D eigenvalue weighted by molar-refractivity contribution is -0.149. The summed E-state index contributed by atoms with van der Waals surface area (Å²) >= 11 is 0. The first kappa shape index (κ1) is 13.7. The molecule has 0 aliphatic rings. The molecule has 0 radical (unpaired) electrons. The molecule has 0 saturated carbocycles. The predicted octanol–water partition coefficient (Wildman–Crippen LogP) is -0.428. The van der Waals surface area contributed by atoms with Crippen LogP contribution in [0.4, 0.5) is 4.79 Å². The van der Waals surface area contributed by atoms with Crippen molar-refractivity contribution < 1.29 is 19.4 Å². The van der Waals surface area contributed by atoms with Crippen molar-refractivity contribution in [3.05, 3.63) is 0 Å². The largest absolute Gasteiger partial charge is 0.467 e. The summed E-state index contributed by atoms with van der Waals surface area (Å²) in [6, 6.07) is -0.303. The molecule has 0 aliphatic carbocycles. The summed E-state index contributed by atoms with van der Waals surface area (Å²) in [4.78, 5) is 23.7. The van der Waals surface area contributed by atoms with Crippen LogP contribution >= 0.6 is 0 Å². The van der Waals surface area contributed by atoms with Crippen molar-refractivity contribution in [1.29, 1.82) is 0 Å². The van der Waals surface area contributed by atoms with Gasteiger partial charge in [0.2, 0.25) is 0 Å². The van der Waals surface area contributed by atoms with E-state index >= 15 is 0 Å². The smallest absolute Gasteiger partial charge is 0.336 e. The van der Waals surface area contributed by atoms with Crippen LogP contribution in [-0.2, 0) is 9.53 Å². The molecule has 88 valence electrons. The summed E-state index contributed by atoms with van der Waals surface area (Å²) in [5.74, 6) is -0.755. The summed E-state index contributed by atoms with van der Waals surface area (Å²) in [5.41, 5.74) is 0. The van der Waals surface area contributed by atoms with Gasteiger partial charge in [-0.15, -0.1) is 0 Å². The van der Waals surface area contributed by atoms with Crippen molar-refractivity contribution in [3.63, 3.8) is 0 Å². The Morgan fingerprint density at radius 1 is 1.40 bits per heavy atom. The highest BCUT2D eigenvalue weighted by Gasteiger charge is 2.17. The van der Waals surface area contributed by atoms with Crippen molar-refractivity contribution in [2.75, 3.05) is 26.7 Å². The quantitative estimate of drug-likeness (QED) is 0.614. The van der Waals surface area contributed by atoms with Crippen LogP contribution < -0.4 is 5.32 Å². The number of aliphatic hydroxyl groups is 1.